The third-order valence-electron chi connectivity index (χ3n) is 4.31. The largest absolute Gasteiger partial charge is 0.334 e. The maximum atomic E-state index is 13.0. The molecule has 1 fully saturated rings. The molecule has 0 radical (unpaired) electrons. The molecule has 2 rings (SSSR count). The van der Waals surface area contributed by atoms with Crippen molar-refractivity contribution in [3.63, 3.8) is 0 Å². The number of hydrogen-bond acceptors (Lipinski definition) is 2. The Kier molecular flexibility index (Phi) is 5.82. The molecule has 21 heavy (non-hydrogen) atoms. The Morgan fingerprint density at radius 3 is 2.52 bits per heavy atom. The van der Waals surface area contributed by atoms with Crippen LogP contribution in [0.15, 0.2) is 22.7 Å². The fourth-order valence-corrected chi connectivity index (χ4v) is 3.33. The molecule has 1 aliphatic carbocycles. The molecule has 1 aromatic rings. The van der Waals surface area contributed by atoms with E-state index in [0.717, 1.165) is 41.5 Å². The lowest BCUT2D eigenvalue weighted by molar-refractivity contribution is 0.0667. The molecule has 0 atom stereocenters. The molecule has 1 saturated carbocycles. The number of hydrogen-bond donors (Lipinski definition) is 0. The van der Waals surface area contributed by atoms with Gasteiger partial charge >= 0.3 is 0 Å². The zero-order chi connectivity index (χ0) is 15.4. The molecule has 0 bridgehead atoms. The van der Waals surface area contributed by atoms with Crippen molar-refractivity contribution >= 4 is 21.8 Å². The van der Waals surface area contributed by atoms with Gasteiger partial charge in [-0.1, -0.05) is 34.8 Å². The second kappa shape index (κ2) is 7.41. The van der Waals surface area contributed by atoms with Crippen LogP contribution in [0.2, 0.25) is 0 Å². The van der Waals surface area contributed by atoms with Crippen molar-refractivity contribution in [2.24, 2.45) is 0 Å². The minimum atomic E-state index is 0.183. The molecule has 116 valence electrons. The van der Waals surface area contributed by atoms with Crippen LogP contribution in [-0.2, 0) is 0 Å². The number of rotatable bonds is 5. The molecule has 0 aromatic heterocycles. The van der Waals surface area contributed by atoms with Gasteiger partial charge < -0.3 is 9.80 Å². The van der Waals surface area contributed by atoms with Crippen molar-refractivity contribution in [3.05, 3.63) is 33.8 Å². The molecule has 0 aliphatic heterocycles. The zero-order valence-electron chi connectivity index (χ0n) is 13.2. The SMILES string of the molecule is Cc1c(Br)cccc1C(=O)N(CCN(C)C)C1CCCC1. The summed E-state index contributed by atoms with van der Waals surface area (Å²) in [6.45, 7) is 3.73. The molecule has 0 unspecified atom stereocenters. The number of benzene rings is 1. The van der Waals surface area contributed by atoms with Crippen LogP contribution in [0.1, 0.15) is 41.6 Å². The first-order valence-corrected chi connectivity index (χ1v) is 8.51. The normalized spacial score (nSPS) is 15.7. The molecule has 1 aliphatic rings. The molecule has 0 saturated heterocycles. The van der Waals surface area contributed by atoms with Crippen LogP contribution in [-0.4, -0.2) is 48.9 Å². The lowest BCUT2D eigenvalue weighted by Gasteiger charge is -2.31. The fraction of sp³-hybridized carbons (Fsp3) is 0.588. The van der Waals surface area contributed by atoms with Gasteiger partial charge in [-0.05, 0) is 51.6 Å². The number of halogens is 1. The first kappa shape index (κ1) is 16.5. The van der Waals surface area contributed by atoms with Gasteiger partial charge in [0.25, 0.3) is 5.91 Å². The first-order valence-electron chi connectivity index (χ1n) is 7.71. The van der Waals surface area contributed by atoms with Crippen LogP contribution in [0, 0.1) is 6.92 Å². The van der Waals surface area contributed by atoms with Crippen molar-refractivity contribution in [2.45, 2.75) is 38.6 Å². The van der Waals surface area contributed by atoms with Crippen molar-refractivity contribution in [1.29, 1.82) is 0 Å². The van der Waals surface area contributed by atoms with Gasteiger partial charge in [0.1, 0.15) is 0 Å². The van der Waals surface area contributed by atoms with E-state index in [2.05, 4.69) is 39.8 Å². The van der Waals surface area contributed by atoms with Crippen LogP contribution >= 0.6 is 15.9 Å². The Balaban J connectivity index is 2.22. The number of carbonyl (C=O) groups excluding carboxylic acids is 1. The summed E-state index contributed by atoms with van der Waals surface area (Å²) in [6, 6.07) is 6.30. The maximum Gasteiger partial charge on any atom is 0.254 e. The van der Waals surface area contributed by atoms with E-state index in [0.29, 0.717) is 6.04 Å². The standard InChI is InChI=1S/C17H25BrN2O/c1-13-15(9-6-10-16(13)18)17(21)20(12-11-19(2)3)14-7-4-5-8-14/h6,9-10,14H,4-5,7-8,11-12H2,1-3H3. The highest BCUT2D eigenvalue weighted by Crippen LogP contribution is 2.27. The van der Waals surface area contributed by atoms with E-state index >= 15 is 0 Å². The van der Waals surface area contributed by atoms with Gasteiger partial charge in [0.05, 0.1) is 0 Å². The third kappa shape index (κ3) is 4.07. The van der Waals surface area contributed by atoms with Crippen LogP contribution in [0.25, 0.3) is 0 Å². The summed E-state index contributed by atoms with van der Waals surface area (Å²) >= 11 is 3.53. The van der Waals surface area contributed by atoms with E-state index in [1.807, 2.05) is 25.1 Å². The summed E-state index contributed by atoms with van der Waals surface area (Å²) in [6.07, 6.45) is 4.78. The van der Waals surface area contributed by atoms with E-state index in [1.165, 1.54) is 12.8 Å². The molecule has 0 spiro atoms. The maximum absolute atomic E-state index is 13.0. The Hall–Kier alpha value is -0.870. The lowest BCUT2D eigenvalue weighted by Crippen LogP contribution is -2.43. The Bertz CT molecular complexity index is 496. The van der Waals surface area contributed by atoms with Crippen molar-refractivity contribution in [2.75, 3.05) is 27.2 Å². The Morgan fingerprint density at radius 2 is 1.90 bits per heavy atom. The molecule has 1 aromatic carbocycles. The quantitative estimate of drug-likeness (QED) is 0.806. The van der Waals surface area contributed by atoms with Crippen LogP contribution in [0.5, 0.6) is 0 Å². The highest BCUT2D eigenvalue weighted by atomic mass is 79.9. The van der Waals surface area contributed by atoms with Gasteiger partial charge in [0.15, 0.2) is 0 Å². The minimum absolute atomic E-state index is 0.183. The van der Waals surface area contributed by atoms with Gasteiger partial charge in [0, 0.05) is 29.2 Å². The second-order valence-corrected chi connectivity index (χ2v) is 7.01. The van der Waals surface area contributed by atoms with Gasteiger partial charge in [-0.2, -0.15) is 0 Å². The van der Waals surface area contributed by atoms with E-state index in [-0.39, 0.29) is 5.91 Å². The average Bonchev–Trinajstić information content (AvgIpc) is 2.95. The first-order chi connectivity index (χ1) is 10.0. The zero-order valence-corrected chi connectivity index (χ0v) is 14.8. The monoisotopic (exact) mass is 352 g/mol. The highest BCUT2D eigenvalue weighted by molar-refractivity contribution is 9.10. The van der Waals surface area contributed by atoms with E-state index < -0.39 is 0 Å². The molecular formula is C17H25BrN2O. The van der Waals surface area contributed by atoms with E-state index in [4.69, 9.17) is 0 Å². The van der Waals surface area contributed by atoms with Crippen molar-refractivity contribution < 1.29 is 4.79 Å². The number of likely N-dealkylation sites (N-methyl/N-ethyl adjacent to an activating group) is 1. The van der Waals surface area contributed by atoms with Gasteiger partial charge in [-0.25, -0.2) is 0 Å². The summed E-state index contributed by atoms with van der Waals surface area (Å²) in [5, 5.41) is 0. The number of nitrogens with zero attached hydrogens (tertiary/aromatic N) is 2. The summed E-state index contributed by atoms with van der Waals surface area (Å²) in [5.41, 5.74) is 1.87. The van der Waals surface area contributed by atoms with Crippen LogP contribution in [0.4, 0.5) is 0 Å². The Morgan fingerprint density at radius 1 is 1.24 bits per heavy atom. The summed E-state index contributed by atoms with van der Waals surface area (Å²) < 4.78 is 1.01. The van der Waals surface area contributed by atoms with Crippen LogP contribution in [0.3, 0.4) is 0 Å². The van der Waals surface area contributed by atoms with E-state index in [9.17, 15) is 4.79 Å². The third-order valence-corrected chi connectivity index (χ3v) is 5.17. The highest BCUT2D eigenvalue weighted by Gasteiger charge is 2.28. The predicted molar refractivity (Wildman–Crippen MR) is 90.7 cm³/mol. The average molecular weight is 353 g/mol. The topological polar surface area (TPSA) is 23.6 Å². The predicted octanol–water partition coefficient (Wildman–Crippen LogP) is 3.70. The molecule has 4 heteroatoms. The molecular weight excluding hydrogens is 328 g/mol. The molecule has 0 N–H and O–H groups in total. The molecule has 3 nitrogen and oxygen atoms in total. The van der Waals surface area contributed by atoms with Crippen molar-refractivity contribution in [1.82, 2.24) is 9.80 Å². The molecule has 1 amide bonds. The van der Waals surface area contributed by atoms with Crippen molar-refractivity contribution in [3.8, 4) is 0 Å². The van der Waals surface area contributed by atoms with Gasteiger partial charge in [0.2, 0.25) is 0 Å². The minimum Gasteiger partial charge on any atom is -0.334 e. The van der Waals surface area contributed by atoms with Crippen LogP contribution < -0.4 is 0 Å². The van der Waals surface area contributed by atoms with Gasteiger partial charge in [-0.15, -0.1) is 0 Å². The lowest BCUT2D eigenvalue weighted by atomic mass is 10.1. The second-order valence-electron chi connectivity index (χ2n) is 6.15. The summed E-state index contributed by atoms with van der Waals surface area (Å²) in [7, 11) is 4.11. The number of amides is 1. The van der Waals surface area contributed by atoms with Gasteiger partial charge in [-0.3, -0.25) is 4.79 Å². The molecule has 0 heterocycles. The number of carbonyl (C=O) groups is 1. The smallest absolute Gasteiger partial charge is 0.254 e. The summed E-state index contributed by atoms with van der Waals surface area (Å²) in [4.78, 5) is 17.2. The summed E-state index contributed by atoms with van der Waals surface area (Å²) in [5.74, 6) is 0.183. The fourth-order valence-electron chi connectivity index (χ4n) is 2.97. The van der Waals surface area contributed by atoms with E-state index in [1.54, 1.807) is 0 Å². The Labute approximate surface area is 136 Å².